The van der Waals surface area contributed by atoms with Crippen LogP contribution < -0.4 is 10.7 Å². The molecule has 0 fully saturated rings. The molecule has 2 amide bonds. The van der Waals surface area contributed by atoms with Crippen molar-refractivity contribution >= 4 is 33.7 Å². The van der Waals surface area contributed by atoms with Crippen molar-refractivity contribution < 1.29 is 35.6 Å². The van der Waals surface area contributed by atoms with Gasteiger partial charge in [-0.15, -0.1) is 0 Å². The van der Waals surface area contributed by atoms with Crippen LogP contribution in [0.25, 0.3) is 0 Å². The number of anilines is 1. The summed E-state index contributed by atoms with van der Waals surface area (Å²) in [7, 11) is -3.90. The molecule has 4 aromatic rings. The number of rotatable bonds is 9. The summed E-state index contributed by atoms with van der Waals surface area (Å²) < 4.78 is 72.5. The number of nitrogens with one attached hydrogen (secondary N) is 2. The largest absolute Gasteiger partial charge is 0.459 e. The van der Waals surface area contributed by atoms with Crippen molar-refractivity contribution in [2.75, 3.05) is 5.32 Å². The lowest BCUT2D eigenvalue weighted by atomic mass is 10.2. The molecule has 0 spiro atoms. The average Bonchev–Trinajstić information content (AvgIpc) is 3.40. The molecule has 1 heterocycles. The predicted octanol–water partition coefficient (Wildman–Crippen LogP) is 5.09. The van der Waals surface area contributed by atoms with E-state index in [1.807, 2.05) is 42.7 Å². The number of hydrogen-bond acceptors (Lipinski definition) is 6. The van der Waals surface area contributed by atoms with Gasteiger partial charge in [0.25, 0.3) is 0 Å². The second-order valence-electron chi connectivity index (χ2n) is 9.11. The van der Waals surface area contributed by atoms with Crippen molar-refractivity contribution in [2.24, 2.45) is 5.10 Å². The van der Waals surface area contributed by atoms with Crippen LogP contribution in [-0.4, -0.2) is 30.8 Å². The van der Waals surface area contributed by atoms with Crippen molar-refractivity contribution in [1.29, 1.82) is 0 Å². The number of amides is 2. The fourth-order valence-corrected chi connectivity index (χ4v) is 5.16. The van der Waals surface area contributed by atoms with E-state index in [0.717, 1.165) is 29.5 Å². The highest BCUT2D eigenvalue weighted by molar-refractivity contribution is 7.89. The van der Waals surface area contributed by atoms with Crippen molar-refractivity contribution in [1.82, 2.24) is 9.73 Å². The Morgan fingerprint density at radius 3 is 2.31 bits per heavy atom. The van der Waals surface area contributed by atoms with Crippen molar-refractivity contribution in [3.05, 3.63) is 119 Å². The van der Waals surface area contributed by atoms with Gasteiger partial charge >= 0.3 is 18.0 Å². The zero-order valence-electron chi connectivity index (χ0n) is 22.1. The zero-order valence-corrected chi connectivity index (χ0v) is 22.9. The van der Waals surface area contributed by atoms with Crippen LogP contribution in [0.2, 0.25) is 0 Å². The Morgan fingerprint density at radius 2 is 1.62 bits per heavy atom. The van der Waals surface area contributed by atoms with Gasteiger partial charge in [0.2, 0.25) is 10.0 Å². The van der Waals surface area contributed by atoms with E-state index in [1.165, 1.54) is 28.6 Å². The van der Waals surface area contributed by atoms with Gasteiger partial charge in [0.05, 0.1) is 23.2 Å². The molecule has 218 valence electrons. The van der Waals surface area contributed by atoms with Crippen LogP contribution in [0.4, 0.5) is 18.9 Å². The number of hydrogen-bond donors (Lipinski definition) is 2. The molecule has 0 aliphatic rings. The molecule has 0 atom stereocenters. The van der Waals surface area contributed by atoms with Gasteiger partial charge in [0.1, 0.15) is 11.5 Å². The van der Waals surface area contributed by atoms with Gasteiger partial charge in [0, 0.05) is 12.2 Å². The molecule has 0 unspecified atom stereocenters. The lowest BCUT2D eigenvalue weighted by Crippen LogP contribution is -2.32. The number of nitrogens with zero attached hydrogens (tertiary/aromatic N) is 2. The van der Waals surface area contributed by atoms with Gasteiger partial charge in [-0.3, -0.25) is 9.59 Å². The van der Waals surface area contributed by atoms with E-state index in [9.17, 15) is 31.2 Å². The van der Waals surface area contributed by atoms with Gasteiger partial charge in [-0.2, -0.15) is 22.6 Å². The average molecular weight is 599 g/mol. The predicted molar refractivity (Wildman–Crippen MR) is 149 cm³/mol. The molecule has 42 heavy (non-hydrogen) atoms. The smallest absolute Gasteiger partial charge is 0.416 e. The fourth-order valence-electron chi connectivity index (χ4n) is 3.76. The van der Waals surface area contributed by atoms with E-state index in [0.29, 0.717) is 6.07 Å². The molecule has 1 aromatic heterocycles. The highest BCUT2D eigenvalue weighted by Crippen LogP contribution is 2.30. The molecular formula is C29H25F3N4O5S. The molecule has 0 aliphatic carbocycles. The van der Waals surface area contributed by atoms with E-state index >= 15 is 0 Å². The first-order valence-corrected chi connectivity index (χ1v) is 13.9. The molecule has 0 saturated heterocycles. The number of alkyl halides is 3. The van der Waals surface area contributed by atoms with Gasteiger partial charge < -0.3 is 9.73 Å². The summed E-state index contributed by atoms with van der Waals surface area (Å²) in [4.78, 5) is 24.2. The standard InChI is InChI=1S/C29H25F3N4O5S/c1-20-10-14-26(15-11-20)42(39,40)36(18-21-6-3-2-4-7-21)19-25-13-12-24(41-25)17-33-35-28(38)27(37)34-23-9-5-8-22(16-23)29(30,31)32/h2-17H,18-19H2,1H3,(H,34,37)(H,35,38)/b33-17+. The first-order valence-electron chi connectivity index (χ1n) is 12.4. The third kappa shape index (κ3) is 7.92. The van der Waals surface area contributed by atoms with E-state index in [-0.39, 0.29) is 35.2 Å². The van der Waals surface area contributed by atoms with Crippen molar-refractivity contribution in [3.8, 4) is 0 Å². The molecule has 2 N–H and O–H groups in total. The monoisotopic (exact) mass is 598 g/mol. The fraction of sp³-hybridized carbons (Fsp3) is 0.138. The second kappa shape index (κ2) is 12.8. The Morgan fingerprint density at radius 1 is 0.905 bits per heavy atom. The molecule has 9 nitrogen and oxygen atoms in total. The molecule has 4 rings (SSSR count). The minimum absolute atomic E-state index is 0.0816. The van der Waals surface area contributed by atoms with E-state index in [1.54, 1.807) is 18.2 Å². The maximum Gasteiger partial charge on any atom is 0.416 e. The Hall–Kier alpha value is -4.75. The Kier molecular flexibility index (Phi) is 9.23. The Balaban J connectivity index is 1.41. The van der Waals surface area contributed by atoms with Crippen LogP contribution in [0, 0.1) is 6.92 Å². The van der Waals surface area contributed by atoms with Crippen molar-refractivity contribution in [3.63, 3.8) is 0 Å². The Bertz CT molecular complexity index is 1690. The van der Waals surface area contributed by atoms with Crippen molar-refractivity contribution in [2.45, 2.75) is 31.1 Å². The third-order valence-corrected chi connectivity index (χ3v) is 7.69. The van der Waals surface area contributed by atoms with Crippen LogP contribution in [0.1, 0.15) is 28.2 Å². The Labute approximate surface area is 239 Å². The number of hydrazone groups is 1. The third-order valence-electron chi connectivity index (χ3n) is 5.89. The molecular weight excluding hydrogens is 573 g/mol. The number of benzene rings is 3. The van der Waals surface area contributed by atoms with Gasteiger partial charge in [-0.05, 0) is 55.0 Å². The summed E-state index contributed by atoms with van der Waals surface area (Å²) in [6.07, 6.45) is -3.52. The summed E-state index contributed by atoms with van der Waals surface area (Å²) in [5.74, 6) is -2.02. The van der Waals surface area contributed by atoms with Crippen LogP contribution in [0.15, 0.2) is 105 Å². The highest BCUT2D eigenvalue weighted by atomic mass is 32.2. The minimum atomic E-state index is -4.61. The van der Waals surface area contributed by atoms with E-state index < -0.39 is 33.6 Å². The molecule has 13 heteroatoms. The summed E-state index contributed by atoms with van der Waals surface area (Å²) in [5, 5.41) is 5.70. The van der Waals surface area contributed by atoms with Crippen LogP contribution in [-0.2, 0) is 38.9 Å². The quantitative estimate of drug-likeness (QED) is 0.158. The van der Waals surface area contributed by atoms with Gasteiger partial charge in [-0.1, -0.05) is 54.1 Å². The number of sulfonamides is 1. The van der Waals surface area contributed by atoms with E-state index in [4.69, 9.17) is 4.42 Å². The van der Waals surface area contributed by atoms with Crippen LogP contribution >= 0.6 is 0 Å². The highest BCUT2D eigenvalue weighted by Gasteiger charge is 2.30. The summed E-state index contributed by atoms with van der Waals surface area (Å²) in [5.41, 5.74) is 2.44. The normalized spacial score (nSPS) is 12.0. The SMILES string of the molecule is Cc1ccc(S(=O)(=O)N(Cc2ccccc2)Cc2ccc(/C=N/NC(=O)C(=O)Nc3cccc(C(F)(F)F)c3)o2)cc1. The number of furan rings is 1. The molecule has 0 saturated carbocycles. The summed E-state index contributed by atoms with van der Waals surface area (Å²) in [6.45, 7) is 1.83. The summed E-state index contributed by atoms with van der Waals surface area (Å²) in [6, 6.07) is 22.4. The van der Waals surface area contributed by atoms with Crippen LogP contribution in [0.3, 0.4) is 0 Å². The maximum atomic E-state index is 13.5. The second-order valence-corrected chi connectivity index (χ2v) is 11.0. The molecule has 0 radical (unpaired) electrons. The number of aryl methyl sites for hydroxylation is 1. The number of halogens is 3. The molecule has 3 aromatic carbocycles. The lowest BCUT2D eigenvalue weighted by Gasteiger charge is -2.21. The zero-order chi connectivity index (χ0) is 30.3. The number of carbonyl (C=O) groups is 2. The van der Waals surface area contributed by atoms with E-state index in [2.05, 4.69) is 10.4 Å². The summed E-state index contributed by atoms with van der Waals surface area (Å²) >= 11 is 0. The first-order chi connectivity index (χ1) is 19.9. The lowest BCUT2D eigenvalue weighted by molar-refractivity contribution is -0.137. The minimum Gasteiger partial charge on any atom is -0.459 e. The van der Waals surface area contributed by atoms with Crippen LogP contribution in [0.5, 0.6) is 0 Å². The molecule has 0 aliphatic heterocycles. The van der Waals surface area contributed by atoms with Gasteiger partial charge in [-0.25, -0.2) is 13.8 Å². The topological polar surface area (TPSA) is 121 Å². The maximum absolute atomic E-state index is 13.5. The van der Waals surface area contributed by atoms with Gasteiger partial charge in [0.15, 0.2) is 0 Å². The number of carbonyl (C=O) groups excluding carboxylic acids is 2. The molecule has 0 bridgehead atoms. The first kappa shape index (κ1) is 30.2.